The highest BCUT2D eigenvalue weighted by atomic mass is 79.9. The van der Waals surface area contributed by atoms with E-state index in [4.69, 9.17) is 4.42 Å². The van der Waals surface area contributed by atoms with Crippen molar-refractivity contribution in [3.63, 3.8) is 0 Å². The Morgan fingerprint density at radius 2 is 2.00 bits per heavy atom. The first kappa shape index (κ1) is 14.9. The molecule has 0 aliphatic heterocycles. The standard InChI is InChI=1S/C16H18BrNO2/c1-9-8-14(12(4)20-9)11(3)18-16(19)13-6-5-7-15(17)10(13)2/h5-8,11H,1-4H3,(H,18,19). The lowest BCUT2D eigenvalue weighted by atomic mass is 10.1. The molecule has 1 heterocycles. The summed E-state index contributed by atoms with van der Waals surface area (Å²) < 4.78 is 6.45. The molecule has 0 radical (unpaired) electrons. The SMILES string of the molecule is Cc1cc(C(C)NC(=O)c2cccc(Br)c2C)c(C)o1. The minimum Gasteiger partial charge on any atom is -0.466 e. The van der Waals surface area contributed by atoms with E-state index in [2.05, 4.69) is 21.2 Å². The average Bonchev–Trinajstić information content (AvgIpc) is 2.71. The van der Waals surface area contributed by atoms with Crippen LogP contribution >= 0.6 is 15.9 Å². The summed E-state index contributed by atoms with van der Waals surface area (Å²) in [5.41, 5.74) is 2.64. The zero-order valence-electron chi connectivity index (χ0n) is 12.1. The molecule has 1 unspecified atom stereocenters. The van der Waals surface area contributed by atoms with Crippen LogP contribution in [-0.4, -0.2) is 5.91 Å². The van der Waals surface area contributed by atoms with Crippen molar-refractivity contribution < 1.29 is 9.21 Å². The largest absolute Gasteiger partial charge is 0.466 e. The number of halogens is 1. The van der Waals surface area contributed by atoms with E-state index in [0.29, 0.717) is 5.56 Å². The molecule has 1 amide bonds. The van der Waals surface area contributed by atoms with Crippen LogP contribution in [0, 0.1) is 20.8 Å². The van der Waals surface area contributed by atoms with E-state index < -0.39 is 0 Å². The van der Waals surface area contributed by atoms with Gasteiger partial charge in [-0.2, -0.15) is 0 Å². The Bertz CT molecular complexity index is 646. The van der Waals surface area contributed by atoms with Gasteiger partial charge in [-0.15, -0.1) is 0 Å². The maximum Gasteiger partial charge on any atom is 0.252 e. The van der Waals surface area contributed by atoms with E-state index in [9.17, 15) is 4.79 Å². The lowest BCUT2D eigenvalue weighted by Gasteiger charge is -2.15. The maximum atomic E-state index is 12.4. The van der Waals surface area contributed by atoms with Crippen molar-refractivity contribution in [3.8, 4) is 0 Å². The summed E-state index contributed by atoms with van der Waals surface area (Å²) in [4.78, 5) is 12.4. The number of nitrogens with one attached hydrogen (secondary N) is 1. The van der Waals surface area contributed by atoms with E-state index in [-0.39, 0.29) is 11.9 Å². The van der Waals surface area contributed by atoms with Gasteiger partial charge in [0, 0.05) is 15.6 Å². The van der Waals surface area contributed by atoms with Gasteiger partial charge in [0.2, 0.25) is 0 Å². The molecule has 0 saturated carbocycles. The van der Waals surface area contributed by atoms with Gasteiger partial charge in [0.05, 0.1) is 6.04 Å². The smallest absolute Gasteiger partial charge is 0.252 e. The molecule has 0 aliphatic carbocycles. The van der Waals surface area contributed by atoms with Crippen LogP contribution in [-0.2, 0) is 0 Å². The fourth-order valence-corrected chi connectivity index (χ4v) is 2.65. The number of rotatable bonds is 3. The summed E-state index contributed by atoms with van der Waals surface area (Å²) in [6.45, 7) is 7.71. The summed E-state index contributed by atoms with van der Waals surface area (Å²) in [5.74, 6) is 1.63. The van der Waals surface area contributed by atoms with Gasteiger partial charge >= 0.3 is 0 Å². The predicted molar refractivity (Wildman–Crippen MR) is 82.9 cm³/mol. The van der Waals surface area contributed by atoms with E-state index in [1.165, 1.54) is 0 Å². The van der Waals surface area contributed by atoms with Gasteiger partial charge in [-0.25, -0.2) is 0 Å². The molecule has 0 fully saturated rings. The van der Waals surface area contributed by atoms with Crippen molar-refractivity contribution in [2.24, 2.45) is 0 Å². The fraction of sp³-hybridized carbons (Fsp3) is 0.312. The Balaban J connectivity index is 2.19. The van der Waals surface area contributed by atoms with Crippen LogP contribution < -0.4 is 5.32 Å². The second kappa shape index (κ2) is 5.83. The number of carbonyl (C=O) groups is 1. The second-order valence-electron chi connectivity index (χ2n) is 4.98. The second-order valence-corrected chi connectivity index (χ2v) is 5.83. The first-order chi connectivity index (χ1) is 9.40. The van der Waals surface area contributed by atoms with E-state index in [0.717, 1.165) is 27.1 Å². The normalized spacial score (nSPS) is 12.2. The first-order valence-corrected chi connectivity index (χ1v) is 7.32. The monoisotopic (exact) mass is 335 g/mol. The first-order valence-electron chi connectivity index (χ1n) is 6.53. The molecule has 0 bridgehead atoms. The van der Waals surface area contributed by atoms with Crippen molar-refractivity contribution >= 4 is 21.8 Å². The number of benzene rings is 1. The third-order valence-electron chi connectivity index (χ3n) is 3.41. The van der Waals surface area contributed by atoms with Gasteiger partial charge in [-0.1, -0.05) is 22.0 Å². The van der Waals surface area contributed by atoms with Gasteiger partial charge in [0.15, 0.2) is 0 Å². The number of amides is 1. The van der Waals surface area contributed by atoms with Gasteiger partial charge in [0.1, 0.15) is 11.5 Å². The number of furan rings is 1. The molecule has 0 saturated heterocycles. The van der Waals surface area contributed by atoms with Crippen LogP contribution in [0.25, 0.3) is 0 Å². The number of hydrogen-bond acceptors (Lipinski definition) is 2. The van der Waals surface area contributed by atoms with Crippen LogP contribution in [0.2, 0.25) is 0 Å². The maximum absolute atomic E-state index is 12.4. The number of carbonyl (C=O) groups excluding carboxylic acids is 1. The minimum absolute atomic E-state index is 0.0745. The van der Waals surface area contributed by atoms with Gasteiger partial charge in [-0.05, 0) is 51.5 Å². The Labute approximate surface area is 127 Å². The topological polar surface area (TPSA) is 42.2 Å². The Morgan fingerprint density at radius 1 is 1.30 bits per heavy atom. The average molecular weight is 336 g/mol. The lowest BCUT2D eigenvalue weighted by molar-refractivity contribution is 0.0939. The molecule has 1 atom stereocenters. The quantitative estimate of drug-likeness (QED) is 0.899. The molecule has 1 aromatic carbocycles. The molecule has 2 rings (SSSR count). The summed E-state index contributed by atoms with van der Waals surface area (Å²) in [7, 11) is 0. The Kier molecular flexibility index (Phi) is 4.33. The third kappa shape index (κ3) is 2.96. The molecular formula is C16H18BrNO2. The van der Waals surface area contributed by atoms with Gasteiger partial charge in [0.25, 0.3) is 5.91 Å². The van der Waals surface area contributed by atoms with Crippen LogP contribution in [0.15, 0.2) is 33.2 Å². The van der Waals surface area contributed by atoms with Crippen molar-refractivity contribution in [1.29, 1.82) is 0 Å². The number of hydrogen-bond donors (Lipinski definition) is 1. The molecule has 3 nitrogen and oxygen atoms in total. The Hall–Kier alpha value is -1.55. The lowest BCUT2D eigenvalue weighted by Crippen LogP contribution is -2.27. The summed E-state index contributed by atoms with van der Waals surface area (Å²) in [6.07, 6.45) is 0. The molecule has 1 aromatic heterocycles. The molecule has 1 N–H and O–H groups in total. The minimum atomic E-state index is -0.0849. The highest BCUT2D eigenvalue weighted by molar-refractivity contribution is 9.10. The predicted octanol–water partition coefficient (Wildman–Crippen LogP) is 4.46. The highest BCUT2D eigenvalue weighted by Gasteiger charge is 2.17. The van der Waals surface area contributed by atoms with E-state index >= 15 is 0 Å². The van der Waals surface area contributed by atoms with Crippen molar-refractivity contribution in [2.75, 3.05) is 0 Å². The Morgan fingerprint density at radius 3 is 2.60 bits per heavy atom. The molecular weight excluding hydrogens is 318 g/mol. The summed E-state index contributed by atoms with van der Waals surface area (Å²) in [6, 6.07) is 7.51. The van der Waals surface area contributed by atoms with E-state index in [1.807, 2.05) is 52.0 Å². The summed E-state index contributed by atoms with van der Waals surface area (Å²) in [5, 5.41) is 3.01. The van der Waals surface area contributed by atoms with Gasteiger partial charge < -0.3 is 9.73 Å². The summed E-state index contributed by atoms with van der Waals surface area (Å²) >= 11 is 3.45. The van der Waals surface area contributed by atoms with Crippen molar-refractivity contribution in [2.45, 2.75) is 33.7 Å². The third-order valence-corrected chi connectivity index (χ3v) is 4.26. The van der Waals surface area contributed by atoms with Crippen LogP contribution in [0.5, 0.6) is 0 Å². The van der Waals surface area contributed by atoms with Crippen LogP contribution in [0.4, 0.5) is 0 Å². The fourth-order valence-electron chi connectivity index (χ4n) is 2.29. The molecule has 0 spiro atoms. The molecule has 0 aliphatic rings. The van der Waals surface area contributed by atoms with Crippen molar-refractivity contribution in [3.05, 3.63) is 56.9 Å². The van der Waals surface area contributed by atoms with E-state index in [1.54, 1.807) is 0 Å². The molecule has 2 aromatic rings. The zero-order chi connectivity index (χ0) is 14.9. The molecule has 4 heteroatoms. The molecule has 20 heavy (non-hydrogen) atoms. The van der Waals surface area contributed by atoms with Crippen LogP contribution in [0.3, 0.4) is 0 Å². The molecule has 106 valence electrons. The number of aryl methyl sites for hydroxylation is 2. The van der Waals surface area contributed by atoms with Crippen LogP contribution in [0.1, 0.15) is 46.0 Å². The van der Waals surface area contributed by atoms with Gasteiger partial charge in [-0.3, -0.25) is 4.79 Å². The zero-order valence-corrected chi connectivity index (χ0v) is 13.7. The van der Waals surface area contributed by atoms with Crippen molar-refractivity contribution in [1.82, 2.24) is 5.32 Å². The highest BCUT2D eigenvalue weighted by Crippen LogP contribution is 2.23.